The minimum Gasteiger partial charge on any atom is -0.348 e. The van der Waals surface area contributed by atoms with Crippen LogP contribution in [0.25, 0.3) is 0 Å². The number of amides is 1. The van der Waals surface area contributed by atoms with Gasteiger partial charge in [-0.1, -0.05) is 12.1 Å². The number of hydrogen-bond donors (Lipinski definition) is 2. The molecule has 1 N–H and O–H groups in total. The number of carbonyl (C=O) groups excluding carboxylic acids is 1. The van der Waals surface area contributed by atoms with Gasteiger partial charge in [0.15, 0.2) is 0 Å². The highest BCUT2D eigenvalue weighted by molar-refractivity contribution is 7.80. The van der Waals surface area contributed by atoms with Crippen molar-refractivity contribution in [3.05, 3.63) is 69.8 Å². The first-order valence-corrected chi connectivity index (χ1v) is 6.31. The molecule has 0 aromatic heterocycles. The smallest absolute Gasteiger partial charge is 0.269 e. The minimum absolute atomic E-state index is 0.0319. The number of nitrogens with zero attached hydrogens (tertiary/aromatic N) is 1. The van der Waals surface area contributed by atoms with Crippen LogP contribution in [0.5, 0.6) is 0 Å². The normalized spacial score (nSPS) is 10.1. The highest BCUT2D eigenvalue weighted by Gasteiger charge is 2.06. The van der Waals surface area contributed by atoms with Crippen molar-refractivity contribution >= 4 is 24.2 Å². The molecule has 6 heteroatoms. The first-order chi connectivity index (χ1) is 9.56. The number of non-ortho nitro benzene ring substituents is 1. The van der Waals surface area contributed by atoms with Crippen molar-refractivity contribution in [1.29, 1.82) is 0 Å². The number of benzene rings is 2. The average molecular weight is 288 g/mol. The van der Waals surface area contributed by atoms with E-state index in [4.69, 9.17) is 0 Å². The molecule has 0 saturated heterocycles. The summed E-state index contributed by atoms with van der Waals surface area (Å²) >= 11 is 4.15. The number of carbonyl (C=O) groups is 1. The van der Waals surface area contributed by atoms with Gasteiger partial charge in [-0.3, -0.25) is 14.9 Å². The van der Waals surface area contributed by atoms with Crippen LogP contribution in [0.4, 0.5) is 5.69 Å². The second-order valence-electron chi connectivity index (χ2n) is 4.15. The first kappa shape index (κ1) is 14.1. The van der Waals surface area contributed by atoms with Crippen LogP contribution in [0, 0.1) is 10.1 Å². The lowest BCUT2D eigenvalue weighted by atomic mass is 10.2. The van der Waals surface area contributed by atoms with Crippen LogP contribution < -0.4 is 5.32 Å². The van der Waals surface area contributed by atoms with Gasteiger partial charge in [0.05, 0.1) is 4.92 Å². The van der Waals surface area contributed by atoms with Crippen molar-refractivity contribution < 1.29 is 9.72 Å². The molecule has 2 aromatic rings. The van der Waals surface area contributed by atoms with E-state index in [-0.39, 0.29) is 11.6 Å². The van der Waals surface area contributed by atoms with Gasteiger partial charge in [-0.05, 0) is 29.8 Å². The molecule has 0 unspecified atom stereocenters. The summed E-state index contributed by atoms with van der Waals surface area (Å²) in [5, 5.41) is 13.3. The highest BCUT2D eigenvalue weighted by Crippen LogP contribution is 2.12. The Kier molecular flexibility index (Phi) is 4.37. The van der Waals surface area contributed by atoms with E-state index in [2.05, 4.69) is 17.9 Å². The highest BCUT2D eigenvalue weighted by atomic mass is 32.1. The maximum absolute atomic E-state index is 11.9. The summed E-state index contributed by atoms with van der Waals surface area (Å²) in [6, 6.07) is 12.9. The van der Waals surface area contributed by atoms with Crippen molar-refractivity contribution in [2.75, 3.05) is 0 Å². The van der Waals surface area contributed by atoms with E-state index < -0.39 is 4.92 Å². The van der Waals surface area contributed by atoms with E-state index in [0.29, 0.717) is 12.1 Å². The van der Waals surface area contributed by atoms with Crippen molar-refractivity contribution in [3.8, 4) is 0 Å². The van der Waals surface area contributed by atoms with Crippen LogP contribution in [0.2, 0.25) is 0 Å². The van der Waals surface area contributed by atoms with Crippen molar-refractivity contribution in [3.63, 3.8) is 0 Å². The summed E-state index contributed by atoms with van der Waals surface area (Å²) in [4.78, 5) is 22.7. The summed E-state index contributed by atoms with van der Waals surface area (Å²) in [6.07, 6.45) is 0. The Morgan fingerprint density at radius 3 is 2.25 bits per heavy atom. The van der Waals surface area contributed by atoms with Gasteiger partial charge in [-0.15, -0.1) is 12.6 Å². The number of nitro benzene ring substituents is 1. The summed E-state index contributed by atoms with van der Waals surface area (Å²) in [6.45, 7) is 0.319. The summed E-state index contributed by atoms with van der Waals surface area (Å²) in [5.41, 5.74) is 1.38. The third kappa shape index (κ3) is 3.58. The van der Waals surface area contributed by atoms with E-state index >= 15 is 0 Å². The predicted octanol–water partition coefficient (Wildman–Crippen LogP) is 2.81. The molecular weight excluding hydrogens is 276 g/mol. The Morgan fingerprint density at radius 2 is 1.70 bits per heavy atom. The van der Waals surface area contributed by atoms with E-state index in [0.717, 1.165) is 10.5 Å². The van der Waals surface area contributed by atoms with Gasteiger partial charge < -0.3 is 5.32 Å². The minimum atomic E-state index is -0.457. The zero-order chi connectivity index (χ0) is 14.5. The molecule has 0 saturated carbocycles. The molecule has 0 heterocycles. The van der Waals surface area contributed by atoms with Crippen LogP contribution in [0.3, 0.4) is 0 Å². The fourth-order valence-electron chi connectivity index (χ4n) is 1.63. The third-order valence-corrected chi connectivity index (χ3v) is 3.03. The van der Waals surface area contributed by atoms with Crippen LogP contribution in [-0.2, 0) is 6.54 Å². The molecule has 5 nitrogen and oxygen atoms in total. The molecule has 0 atom stereocenters. The van der Waals surface area contributed by atoms with E-state index in [1.165, 1.54) is 12.1 Å². The fraction of sp³-hybridized carbons (Fsp3) is 0.0714. The molecule has 0 aliphatic rings. The summed E-state index contributed by atoms with van der Waals surface area (Å²) < 4.78 is 0. The second-order valence-corrected chi connectivity index (χ2v) is 4.67. The molecule has 1 amide bonds. The van der Waals surface area contributed by atoms with Gasteiger partial charge >= 0.3 is 0 Å². The molecule has 0 fully saturated rings. The number of nitro groups is 1. The predicted molar refractivity (Wildman–Crippen MR) is 78.0 cm³/mol. The van der Waals surface area contributed by atoms with E-state index in [1.807, 2.05) is 0 Å². The lowest BCUT2D eigenvalue weighted by molar-refractivity contribution is -0.384. The van der Waals surface area contributed by atoms with E-state index in [1.54, 1.807) is 36.4 Å². The fourth-order valence-corrected chi connectivity index (χ4v) is 1.78. The van der Waals surface area contributed by atoms with Gasteiger partial charge in [0.2, 0.25) is 0 Å². The first-order valence-electron chi connectivity index (χ1n) is 5.87. The van der Waals surface area contributed by atoms with Crippen LogP contribution in [-0.4, -0.2) is 10.8 Å². The lowest BCUT2D eigenvalue weighted by Crippen LogP contribution is -2.22. The SMILES string of the molecule is O=C(NCc1ccc([N+](=O)[O-])cc1)c1ccc(S)cc1. The van der Waals surface area contributed by atoms with Gasteiger partial charge in [0.1, 0.15) is 0 Å². The standard InChI is InChI=1S/C14H12N2O3S/c17-14(11-3-7-13(20)8-4-11)15-9-10-1-5-12(6-2-10)16(18)19/h1-8,20H,9H2,(H,15,17). The van der Waals surface area contributed by atoms with Crippen molar-refractivity contribution in [1.82, 2.24) is 5.32 Å². The Balaban J connectivity index is 1.96. The van der Waals surface area contributed by atoms with Gasteiger partial charge in [0, 0.05) is 29.1 Å². The zero-order valence-electron chi connectivity index (χ0n) is 10.4. The lowest BCUT2D eigenvalue weighted by Gasteiger charge is -2.05. The topological polar surface area (TPSA) is 72.2 Å². The van der Waals surface area contributed by atoms with Gasteiger partial charge in [-0.25, -0.2) is 0 Å². The summed E-state index contributed by atoms with van der Waals surface area (Å²) in [7, 11) is 0. The van der Waals surface area contributed by atoms with E-state index in [9.17, 15) is 14.9 Å². The molecular formula is C14H12N2O3S. The van der Waals surface area contributed by atoms with Crippen LogP contribution in [0.1, 0.15) is 15.9 Å². The maximum atomic E-state index is 11.9. The Bertz CT molecular complexity index is 624. The molecule has 2 rings (SSSR count). The third-order valence-electron chi connectivity index (χ3n) is 2.73. The number of thiol groups is 1. The molecule has 0 aliphatic carbocycles. The van der Waals surface area contributed by atoms with Crippen molar-refractivity contribution in [2.24, 2.45) is 0 Å². The quantitative estimate of drug-likeness (QED) is 0.516. The van der Waals surface area contributed by atoms with Crippen LogP contribution in [0.15, 0.2) is 53.4 Å². The molecule has 0 aliphatic heterocycles. The monoisotopic (exact) mass is 288 g/mol. The Labute approximate surface area is 121 Å². The van der Waals surface area contributed by atoms with Crippen LogP contribution >= 0.6 is 12.6 Å². The number of hydrogen-bond acceptors (Lipinski definition) is 4. The maximum Gasteiger partial charge on any atom is 0.269 e. The average Bonchev–Trinajstić information content (AvgIpc) is 2.46. The number of rotatable bonds is 4. The molecule has 0 bridgehead atoms. The number of nitrogens with one attached hydrogen (secondary N) is 1. The Morgan fingerprint density at radius 1 is 1.10 bits per heavy atom. The molecule has 2 aromatic carbocycles. The molecule has 102 valence electrons. The van der Waals surface area contributed by atoms with Gasteiger partial charge in [-0.2, -0.15) is 0 Å². The Hall–Kier alpha value is -2.34. The second kappa shape index (κ2) is 6.21. The molecule has 0 radical (unpaired) electrons. The molecule has 20 heavy (non-hydrogen) atoms. The van der Waals surface area contributed by atoms with Crippen molar-refractivity contribution in [2.45, 2.75) is 11.4 Å². The molecule has 0 spiro atoms. The van der Waals surface area contributed by atoms with Gasteiger partial charge in [0.25, 0.3) is 11.6 Å². The zero-order valence-corrected chi connectivity index (χ0v) is 11.3. The summed E-state index contributed by atoms with van der Waals surface area (Å²) in [5.74, 6) is -0.198. The largest absolute Gasteiger partial charge is 0.348 e.